The van der Waals surface area contributed by atoms with Gasteiger partial charge >= 0.3 is 6.16 Å². The highest BCUT2D eigenvalue weighted by Crippen LogP contribution is 2.12. The van der Waals surface area contributed by atoms with E-state index in [4.69, 9.17) is 9.47 Å². The van der Waals surface area contributed by atoms with E-state index >= 15 is 0 Å². The molecule has 0 saturated heterocycles. The summed E-state index contributed by atoms with van der Waals surface area (Å²) >= 11 is 0. The van der Waals surface area contributed by atoms with Crippen LogP contribution < -0.4 is 0 Å². The van der Waals surface area contributed by atoms with Crippen molar-refractivity contribution in [3.63, 3.8) is 0 Å². The van der Waals surface area contributed by atoms with E-state index in [0.29, 0.717) is 13.2 Å². The van der Waals surface area contributed by atoms with Crippen molar-refractivity contribution in [3.8, 4) is 0 Å². The van der Waals surface area contributed by atoms with Crippen LogP contribution in [0.15, 0.2) is 24.3 Å². The maximum absolute atomic E-state index is 11.7. The highest BCUT2D eigenvalue weighted by molar-refractivity contribution is 5.59. The number of allylic oxidation sites excluding steroid dienone is 4. The van der Waals surface area contributed by atoms with Gasteiger partial charge in [0.05, 0.1) is 13.2 Å². The molecule has 0 saturated carbocycles. The zero-order chi connectivity index (χ0) is 29.0. The molecule has 3 nitrogen and oxygen atoms in total. The Bertz CT molecular complexity index is 540. The lowest BCUT2D eigenvalue weighted by atomic mass is 10.1. The normalized spacial score (nSPS) is 11.7. The maximum atomic E-state index is 11.7. The van der Waals surface area contributed by atoms with Crippen LogP contribution in [0.2, 0.25) is 0 Å². The van der Waals surface area contributed by atoms with Gasteiger partial charge in [0.1, 0.15) is 0 Å². The molecule has 0 fully saturated rings. The SMILES string of the molecule is CCCCCC/C=C\CCCCCCCCOC(=O)OCCCCCCCC/C=C\CCCCCCCCCC. The molecule has 3 heteroatoms. The van der Waals surface area contributed by atoms with E-state index < -0.39 is 6.16 Å². The van der Waals surface area contributed by atoms with Gasteiger partial charge in [-0.1, -0.05) is 154 Å². The van der Waals surface area contributed by atoms with Gasteiger partial charge in [0.15, 0.2) is 0 Å². The molecule has 0 atom stereocenters. The third-order valence-electron chi connectivity index (χ3n) is 7.75. The van der Waals surface area contributed by atoms with Crippen molar-refractivity contribution in [1.82, 2.24) is 0 Å². The molecule has 0 heterocycles. The Morgan fingerprint density at radius 3 is 0.950 bits per heavy atom. The molecule has 0 bridgehead atoms. The van der Waals surface area contributed by atoms with Gasteiger partial charge in [-0.2, -0.15) is 0 Å². The monoisotopic (exact) mass is 563 g/mol. The molecule has 0 aliphatic heterocycles. The molecule has 0 aromatic heterocycles. The lowest BCUT2D eigenvalue weighted by molar-refractivity contribution is 0.0529. The van der Waals surface area contributed by atoms with Gasteiger partial charge in [0.25, 0.3) is 0 Å². The van der Waals surface area contributed by atoms with E-state index in [9.17, 15) is 4.79 Å². The summed E-state index contributed by atoms with van der Waals surface area (Å²) in [4.78, 5) is 11.7. The second-order valence-electron chi connectivity index (χ2n) is 11.8. The van der Waals surface area contributed by atoms with Gasteiger partial charge in [-0.3, -0.25) is 0 Å². The molecule has 0 aromatic carbocycles. The van der Waals surface area contributed by atoms with Crippen molar-refractivity contribution >= 4 is 6.16 Å². The van der Waals surface area contributed by atoms with Crippen LogP contribution in [0.5, 0.6) is 0 Å². The van der Waals surface area contributed by atoms with Crippen LogP contribution >= 0.6 is 0 Å². The fraction of sp³-hybridized carbons (Fsp3) is 0.865. The second kappa shape index (κ2) is 35.8. The van der Waals surface area contributed by atoms with E-state index in [1.807, 2.05) is 0 Å². The molecule has 0 aliphatic rings. The number of rotatable bonds is 32. The van der Waals surface area contributed by atoms with Crippen LogP contribution in [0.25, 0.3) is 0 Å². The Balaban J connectivity index is 3.22. The van der Waals surface area contributed by atoms with Gasteiger partial charge < -0.3 is 9.47 Å². The standard InChI is InChI=1S/C37H70O3/c1-3-5-7-9-11-13-15-17-19-20-21-22-24-26-28-30-32-34-36-40-37(38)39-35-33-31-29-27-25-23-18-16-14-12-10-8-6-4-2/h14,16,20-21H,3-13,15,17-19,22-36H2,1-2H3/b16-14-,21-20-. The number of carbonyl (C=O) groups is 1. The van der Waals surface area contributed by atoms with Crippen molar-refractivity contribution < 1.29 is 14.3 Å². The molecular formula is C37H70O3. The lowest BCUT2D eigenvalue weighted by Crippen LogP contribution is -2.09. The van der Waals surface area contributed by atoms with Crippen LogP contribution in [0, 0.1) is 0 Å². The summed E-state index contributed by atoms with van der Waals surface area (Å²) in [6.07, 6.45) is 45.0. The summed E-state index contributed by atoms with van der Waals surface area (Å²) in [6.45, 7) is 5.53. The topological polar surface area (TPSA) is 35.5 Å². The van der Waals surface area contributed by atoms with E-state index in [1.54, 1.807) is 0 Å². The first-order valence-corrected chi connectivity index (χ1v) is 17.9. The summed E-state index contributed by atoms with van der Waals surface area (Å²) in [5.41, 5.74) is 0. The summed E-state index contributed by atoms with van der Waals surface area (Å²) in [5.74, 6) is 0. The molecule has 0 N–H and O–H groups in total. The zero-order valence-electron chi connectivity index (χ0n) is 27.2. The van der Waals surface area contributed by atoms with Gasteiger partial charge in [0.2, 0.25) is 0 Å². The Labute approximate surface area is 251 Å². The summed E-state index contributed by atoms with van der Waals surface area (Å²) in [6, 6.07) is 0. The van der Waals surface area contributed by atoms with Crippen LogP contribution in [0.4, 0.5) is 4.79 Å². The van der Waals surface area contributed by atoms with E-state index in [-0.39, 0.29) is 0 Å². The Morgan fingerprint density at radius 2 is 0.625 bits per heavy atom. The van der Waals surface area contributed by atoms with Crippen LogP contribution in [0.1, 0.15) is 194 Å². The minimum absolute atomic E-state index is 0.486. The van der Waals surface area contributed by atoms with Crippen molar-refractivity contribution in [2.75, 3.05) is 13.2 Å². The first-order valence-electron chi connectivity index (χ1n) is 17.9. The number of hydrogen-bond acceptors (Lipinski definition) is 3. The molecule has 40 heavy (non-hydrogen) atoms. The van der Waals surface area contributed by atoms with Crippen LogP contribution in [-0.2, 0) is 9.47 Å². The van der Waals surface area contributed by atoms with Crippen molar-refractivity contribution in [1.29, 1.82) is 0 Å². The molecule has 0 radical (unpaired) electrons. The fourth-order valence-corrected chi connectivity index (χ4v) is 5.05. The van der Waals surface area contributed by atoms with E-state index in [0.717, 1.165) is 25.7 Å². The van der Waals surface area contributed by atoms with Gasteiger partial charge in [0, 0.05) is 0 Å². The highest BCUT2D eigenvalue weighted by Gasteiger charge is 2.03. The molecule has 0 rings (SSSR count). The largest absolute Gasteiger partial charge is 0.508 e. The minimum Gasteiger partial charge on any atom is -0.434 e. The molecule has 0 aromatic rings. The van der Waals surface area contributed by atoms with Gasteiger partial charge in [-0.25, -0.2) is 4.79 Å². The summed E-state index contributed by atoms with van der Waals surface area (Å²) in [7, 11) is 0. The van der Waals surface area contributed by atoms with Gasteiger partial charge in [-0.05, 0) is 64.2 Å². The van der Waals surface area contributed by atoms with Crippen molar-refractivity contribution in [3.05, 3.63) is 24.3 Å². The van der Waals surface area contributed by atoms with E-state index in [2.05, 4.69) is 38.2 Å². The third kappa shape index (κ3) is 34.8. The third-order valence-corrected chi connectivity index (χ3v) is 7.75. The first-order chi connectivity index (χ1) is 19.8. The summed E-state index contributed by atoms with van der Waals surface area (Å²) < 4.78 is 10.4. The molecule has 0 amide bonds. The van der Waals surface area contributed by atoms with Crippen molar-refractivity contribution in [2.24, 2.45) is 0 Å². The molecule has 236 valence electrons. The number of carbonyl (C=O) groups excluding carboxylic acids is 1. The lowest BCUT2D eigenvalue weighted by Gasteiger charge is -2.06. The fourth-order valence-electron chi connectivity index (χ4n) is 5.05. The number of ether oxygens (including phenoxy) is 2. The smallest absolute Gasteiger partial charge is 0.434 e. The Morgan fingerprint density at radius 1 is 0.375 bits per heavy atom. The molecule has 0 spiro atoms. The molecule has 0 unspecified atom stereocenters. The van der Waals surface area contributed by atoms with Crippen LogP contribution in [0.3, 0.4) is 0 Å². The van der Waals surface area contributed by atoms with Crippen LogP contribution in [-0.4, -0.2) is 19.4 Å². The predicted molar refractivity (Wildman–Crippen MR) is 176 cm³/mol. The highest BCUT2D eigenvalue weighted by atomic mass is 16.7. The van der Waals surface area contributed by atoms with E-state index in [1.165, 1.54) is 154 Å². The Hall–Kier alpha value is -1.25. The van der Waals surface area contributed by atoms with Crippen molar-refractivity contribution in [2.45, 2.75) is 194 Å². The number of unbranched alkanes of at least 4 members (excludes halogenated alkanes) is 24. The average molecular weight is 563 g/mol. The predicted octanol–water partition coefficient (Wildman–Crippen LogP) is 13.2. The average Bonchev–Trinajstić information content (AvgIpc) is 2.96. The zero-order valence-corrected chi connectivity index (χ0v) is 27.2. The maximum Gasteiger partial charge on any atom is 0.508 e. The minimum atomic E-state index is -0.486. The number of hydrogen-bond donors (Lipinski definition) is 0. The Kier molecular flexibility index (Phi) is 34.7. The van der Waals surface area contributed by atoms with Gasteiger partial charge in [-0.15, -0.1) is 0 Å². The first kappa shape index (κ1) is 38.8. The quantitative estimate of drug-likeness (QED) is 0.0464. The summed E-state index contributed by atoms with van der Waals surface area (Å²) in [5, 5.41) is 0. The molecule has 0 aliphatic carbocycles. The molecular weight excluding hydrogens is 492 g/mol. The second-order valence-corrected chi connectivity index (χ2v) is 11.8.